The van der Waals surface area contributed by atoms with Gasteiger partial charge in [0.15, 0.2) is 5.16 Å². The van der Waals surface area contributed by atoms with E-state index in [2.05, 4.69) is 20.6 Å². The maximum Gasteiger partial charge on any atom is 0.242 e. The van der Waals surface area contributed by atoms with E-state index in [0.29, 0.717) is 11.7 Å². The number of hydrogen-bond acceptors (Lipinski definition) is 7. The number of nitriles is 1. The first-order valence-corrected chi connectivity index (χ1v) is 7.69. The molecule has 1 rings (SSSR count). The molecule has 0 fully saturated rings. The van der Waals surface area contributed by atoms with Crippen LogP contribution < -0.4 is 16.4 Å². The van der Waals surface area contributed by atoms with Crippen LogP contribution in [0.1, 0.15) is 25.8 Å². The SMILES string of the molecule is CCCNC(=O)[C@H](C)NC(=O)CSc1ncc(C#N)c(N)n1. The second kappa shape index (κ2) is 8.84. The van der Waals surface area contributed by atoms with Gasteiger partial charge in [0.25, 0.3) is 0 Å². The smallest absolute Gasteiger partial charge is 0.242 e. The Morgan fingerprint density at radius 2 is 2.27 bits per heavy atom. The summed E-state index contributed by atoms with van der Waals surface area (Å²) in [4.78, 5) is 31.2. The van der Waals surface area contributed by atoms with Gasteiger partial charge in [-0.1, -0.05) is 18.7 Å². The molecule has 0 aliphatic heterocycles. The van der Waals surface area contributed by atoms with Crippen molar-refractivity contribution in [1.82, 2.24) is 20.6 Å². The summed E-state index contributed by atoms with van der Waals surface area (Å²) in [5.74, 6) is -0.404. The van der Waals surface area contributed by atoms with E-state index < -0.39 is 6.04 Å². The molecule has 0 saturated heterocycles. The van der Waals surface area contributed by atoms with Crippen LogP contribution in [0.2, 0.25) is 0 Å². The van der Waals surface area contributed by atoms with Gasteiger partial charge in [-0.15, -0.1) is 0 Å². The Balaban J connectivity index is 2.44. The molecule has 118 valence electrons. The molecule has 0 aliphatic carbocycles. The highest BCUT2D eigenvalue weighted by molar-refractivity contribution is 7.99. The van der Waals surface area contributed by atoms with Gasteiger partial charge >= 0.3 is 0 Å². The van der Waals surface area contributed by atoms with Crippen molar-refractivity contribution in [2.24, 2.45) is 0 Å². The molecule has 1 aromatic heterocycles. The Morgan fingerprint density at radius 3 is 2.86 bits per heavy atom. The van der Waals surface area contributed by atoms with E-state index in [9.17, 15) is 9.59 Å². The molecule has 1 aromatic rings. The van der Waals surface area contributed by atoms with Crippen LogP contribution in [-0.2, 0) is 9.59 Å². The highest BCUT2D eigenvalue weighted by Crippen LogP contribution is 2.15. The van der Waals surface area contributed by atoms with Crippen molar-refractivity contribution < 1.29 is 9.59 Å². The summed E-state index contributed by atoms with van der Waals surface area (Å²) in [7, 11) is 0. The van der Waals surface area contributed by atoms with Crippen LogP contribution in [-0.4, -0.2) is 40.1 Å². The number of nitrogens with one attached hydrogen (secondary N) is 2. The van der Waals surface area contributed by atoms with Crippen LogP contribution in [0.4, 0.5) is 5.82 Å². The maximum absolute atomic E-state index is 11.8. The predicted molar refractivity (Wildman–Crippen MR) is 82.8 cm³/mol. The molecule has 0 radical (unpaired) electrons. The molecule has 0 unspecified atom stereocenters. The quantitative estimate of drug-likeness (QED) is 0.477. The zero-order valence-corrected chi connectivity index (χ0v) is 13.2. The molecule has 0 aromatic carbocycles. The Hall–Kier alpha value is -2.34. The zero-order chi connectivity index (χ0) is 16.5. The fourth-order valence-electron chi connectivity index (χ4n) is 1.41. The first kappa shape index (κ1) is 17.7. The van der Waals surface area contributed by atoms with Crippen molar-refractivity contribution in [2.75, 3.05) is 18.0 Å². The van der Waals surface area contributed by atoms with Crippen LogP contribution >= 0.6 is 11.8 Å². The van der Waals surface area contributed by atoms with E-state index in [1.54, 1.807) is 6.92 Å². The average Bonchev–Trinajstić information content (AvgIpc) is 2.50. The van der Waals surface area contributed by atoms with E-state index in [1.807, 2.05) is 13.0 Å². The van der Waals surface area contributed by atoms with Gasteiger partial charge in [0.1, 0.15) is 23.5 Å². The van der Waals surface area contributed by atoms with Gasteiger partial charge in [0.2, 0.25) is 11.8 Å². The van der Waals surface area contributed by atoms with E-state index in [4.69, 9.17) is 11.0 Å². The number of rotatable bonds is 7. The minimum Gasteiger partial charge on any atom is -0.382 e. The largest absolute Gasteiger partial charge is 0.382 e. The molecule has 0 aliphatic rings. The van der Waals surface area contributed by atoms with Gasteiger partial charge in [-0.2, -0.15) is 5.26 Å². The number of carbonyl (C=O) groups is 2. The summed E-state index contributed by atoms with van der Waals surface area (Å²) in [6.07, 6.45) is 2.14. The number of thioether (sulfide) groups is 1. The van der Waals surface area contributed by atoms with Gasteiger partial charge in [-0.25, -0.2) is 9.97 Å². The summed E-state index contributed by atoms with van der Waals surface area (Å²) in [6, 6.07) is 1.25. The fourth-order valence-corrected chi connectivity index (χ4v) is 2.05. The highest BCUT2D eigenvalue weighted by Gasteiger charge is 2.15. The second-order valence-electron chi connectivity index (χ2n) is 4.43. The number of hydrogen-bond donors (Lipinski definition) is 3. The molecular formula is C13H18N6O2S. The lowest BCUT2D eigenvalue weighted by molar-refractivity contribution is -0.127. The van der Waals surface area contributed by atoms with Crippen molar-refractivity contribution in [1.29, 1.82) is 5.26 Å². The summed E-state index contributed by atoms with van der Waals surface area (Å²) in [5, 5.41) is 14.3. The van der Waals surface area contributed by atoms with Crippen LogP contribution in [0, 0.1) is 11.3 Å². The topological polar surface area (TPSA) is 134 Å². The monoisotopic (exact) mass is 322 g/mol. The second-order valence-corrected chi connectivity index (χ2v) is 5.37. The third-order valence-electron chi connectivity index (χ3n) is 2.57. The maximum atomic E-state index is 11.8. The predicted octanol–water partition coefficient (Wildman–Crippen LogP) is 0.0535. The van der Waals surface area contributed by atoms with Crippen LogP contribution in [0.15, 0.2) is 11.4 Å². The van der Waals surface area contributed by atoms with Gasteiger partial charge in [0, 0.05) is 6.54 Å². The third-order valence-corrected chi connectivity index (χ3v) is 3.43. The lowest BCUT2D eigenvalue weighted by Crippen LogP contribution is -2.45. The zero-order valence-electron chi connectivity index (χ0n) is 12.4. The lowest BCUT2D eigenvalue weighted by Gasteiger charge is -2.13. The Bertz CT molecular complexity index is 586. The van der Waals surface area contributed by atoms with E-state index >= 15 is 0 Å². The Kier molecular flexibility index (Phi) is 7.12. The lowest BCUT2D eigenvalue weighted by atomic mass is 10.3. The third kappa shape index (κ3) is 5.57. The van der Waals surface area contributed by atoms with Crippen molar-refractivity contribution in [3.8, 4) is 6.07 Å². The molecule has 0 spiro atoms. The summed E-state index contributed by atoms with van der Waals surface area (Å²) < 4.78 is 0. The normalized spacial score (nSPS) is 11.3. The molecule has 2 amide bonds. The Morgan fingerprint density at radius 1 is 1.55 bits per heavy atom. The molecule has 22 heavy (non-hydrogen) atoms. The number of nitrogens with zero attached hydrogens (tertiary/aromatic N) is 3. The number of amides is 2. The van der Waals surface area contributed by atoms with Gasteiger partial charge in [0.05, 0.1) is 11.9 Å². The summed E-state index contributed by atoms with van der Waals surface area (Å²) in [6.45, 7) is 4.14. The van der Waals surface area contributed by atoms with Crippen molar-refractivity contribution in [3.05, 3.63) is 11.8 Å². The Labute approximate surface area is 132 Å². The molecule has 1 heterocycles. The van der Waals surface area contributed by atoms with Gasteiger partial charge in [-0.3, -0.25) is 9.59 Å². The summed E-state index contributed by atoms with van der Waals surface area (Å²) in [5.41, 5.74) is 5.75. The van der Waals surface area contributed by atoms with E-state index in [-0.39, 0.29) is 28.9 Å². The molecule has 4 N–H and O–H groups in total. The van der Waals surface area contributed by atoms with Crippen molar-refractivity contribution in [3.63, 3.8) is 0 Å². The van der Waals surface area contributed by atoms with E-state index in [0.717, 1.165) is 18.2 Å². The molecule has 0 bridgehead atoms. The van der Waals surface area contributed by atoms with Crippen LogP contribution in [0.25, 0.3) is 0 Å². The number of anilines is 1. The van der Waals surface area contributed by atoms with Crippen LogP contribution in [0.5, 0.6) is 0 Å². The van der Waals surface area contributed by atoms with Crippen molar-refractivity contribution in [2.45, 2.75) is 31.5 Å². The number of carbonyl (C=O) groups excluding carboxylic acids is 2. The number of aromatic nitrogens is 2. The number of nitrogen functional groups attached to an aromatic ring is 1. The minimum atomic E-state index is -0.605. The average molecular weight is 322 g/mol. The number of nitrogens with two attached hydrogens (primary N) is 1. The minimum absolute atomic E-state index is 0.0523. The standard InChI is InChI=1S/C13H18N6O2S/c1-3-4-16-12(21)8(2)18-10(20)7-22-13-17-6-9(5-14)11(15)19-13/h6,8H,3-4,7H2,1-2H3,(H,16,21)(H,18,20)(H2,15,17,19)/t8-/m0/s1. The highest BCUT2D eigenvalue weighted by atomic mass is 32.2. The summed E-state index contributed by atoms with van der Waals surface area (Å²) >= 11 is 1.08. The van der Waals surface area contributed by atoms with E-state index in [1.165, 1.54) is 6.20 Å². The first-order chi connectivity index (χ1) is 10.5. The molecule has 1 atom stereocenters. The molecule has 9 heteroatoms. The fraction of sp³-hybridized carbons (Fsp3) is 0.462. The molecule has 8 nitrogen and oxygen atoms in total. The van der Waals surface area contributed by atoms with Gasteiger partial charge in [-0.05, 0) is 13.3 Å². The molecular weight excluding hydrogens is 304 g/mol. The van der Waals surface area contributed by atoms with Crippen molar-refractivity contribution >= 4 is 29.4 Å². The molecule has 0 saturated carbocycles. The van der Waals surface area contributed by atoms with Gasteiger partial charge < -0.3 is 16.4 Å². The van der Waals surface area contributed by atoms with Crippen LogP contribution in [0.3, 0.4) is 0 Å². The first-order valence-electron chi connectivity index (χ1n) is 6.70.